The van der Waals surface area contributed by atoms with Crippen molar-refractivity contribution in [3.8, 4) is 23.3 Å². The second kappa shape index (κ2) is 11.4. The molecule has 1 amide bonds. The third-order valence-electron chi connectivity index (χ3n) is 5.43. The van der Waals surface area contributed by atoms with E-state index in [1.807, 2.05) is 54.2 Å². The minimum Gasteiger partial charge on any atom is -0.497 e. The quantitative estimate of drug-likeness (QED) is 0.376. The van der Waals surface area contributed by atoms with Crippen molar-refractivity contribution in [1.82, 2.24) is 29.7 Å². The number of H-pyrrole nitrogens is 1. The van der Waals surface area contributed by atoms with Gasteiger partial charge in [0, 0.05) is 31.8 Å². The Kier molecular flexibility index (Phi) is 7.80. The van der Waals surface area contributed by atoms with Gasteiger partial charge in [-0.3, -0.25) is 4.79 Å². The number of hydrogen-bond donors (Lipinski definition) is 2. The largest absolute Gasteiger partial charge is 0.497 e. The molecule has 35 heavy (non-hydrogen) atoms. The molecule has 0 saturated carbocycles. The Morgan fingerprint density at radius 2 is 2.09 bits per heavy atom. The van der Waals surface area contributed by atoms with Crippen LogP contribution in [-0.4, -0.2) is 89.1 Å². The number of methoxy groups -OCH3 is 1. The molecule has 1 saturated heterocycles. The molecule has 2 aromatic heterocycles. The zero-order chi connectivity index (χ0) is 24.6. The average molecular weight is 476 g/mol. The van der Waals surface area contributed by atoms with Crippen molar-refractivity contribution in [3.63, 3.8) is 0 Å². The van der Waals surface area contributed by atoms with Gasteiger partial charge in [0.05, 0.1) is 7.11 Å². The van der Waals surface area contributed by atoms with Gasteiger partial charge in [-0.25, -0.2) is 15.0 Å². The highest BCUT2D eigenvalue weighted by molar-refractivity contribution is 5.88. The fourth-order valence-electron chi connectivity index (χ4n) is 3.65. The predicted molar refractivity (Wildman–Crippen MR) is 133 cm³/mol. The average Bonchev–Trinajstić information content (AvgIpc) is 3.49. The third kappa shape index (κ3) is 6.49. The normalized spacial score (nSPS) is 15.4. The number of nitrogens with zero attached hydrogens (tertiary/aromatic N) is 5. The van der Waals surface area contributed by atoms with Crippen LogP contribution in [0.4, 0.5) is 5.82 Å². The number of carbonyl (C=O) groups excluding carboxylic acids is 1. The highest BCUT2D eigenvalue weighted by atomic mass is 16.5. The van der Waals surface area contributed by atoms with Gasteiger partial charge in [0.15, 0.2) is 22.8 Å². The van der Waals surface area contributed by atoms with Gasteiger partial charge in [-0.05, 0) is 50.7 Å². The molecule has 182 valence electrons. The van der Waals surface area contributed by atoms with Crippen LogP contribution < -0.4 is 14.8 Å². The minimum atomic E-state index is 0.0261. The van der Waals surface area contributed by atoms with Crippen LogP contribution in [0.5, 0.6) is 11.5 Å². The van der Waals surface area contributed by atoms with Gasteiger partial charge in [-0.2, -0.15) is 0 Å². The minimum absolute atomic E-state index is 0.0261. The molecule has 3 aromatic rings. The lowest BCUT2D eigenvalue weighted by atomic mass is 10.2. The molecule has 1 unspecified atom stereocenters. The van der Waals surface area contributed by atoms with Gasteiger partial charge in [-0.1, -0.05) is 12.0 Å². The monoisotopic (exact) mass is 475 g/mol. The molecule has 0 spiro atoms. The molecule has 0 aliphatic carbocycles. The molecule has 4 rings (SSSR count). The Hall–Kier alpha value is -4.10. The molecular formula is C25H29N7O3. The predicted octanol–water partition coefficient (Wildman–Crippen LogP) is 1.92. The number of benzene rings is 1. The van der Waals surface area contributed by atoms with Crippen LogP contribution in [0, 0.1) is 11.8 Å². The number of nitrogens with one attached hydrogen (secondary N) is 2. The number of fused-ring (bicyclic) bond motifs is 1. The highest BCUT2D eigenvalue weighted by Crippen LogP contribution is 2.21. The van der Waals surface area contributed by atoms with Gasteiger partial charge in [-0.15, -0.1) is 0 Å². The van der Waals surface area contributed by atoms with Crippen LogP contribution in [0.2, 0.25) is 0 Å². The number of likely N-dealkylation sites (tertiary alicyclic amines) is 1. The van der Waals surface area contributed by atoms with Crippen molar-refractivity contribution in [2.75, 3.05) is 52.8 Å². The summed E-state index contributed by atoms with van der Waals surface area (Å²) in [6.07, 6.45) is 5.83. The van der Waals surface area contributed by atoms with Crippen molar-refractivity contribution >= 4 is 22.9 Å². The Labute approximate surface area is 204 Å². The summed E-state index contributed by atoms with van der Waals surface area (Å²) in [4.78, 5) is 32.5. The number of likely N-dealkylation sites (N-methyl/N-ethyl adjacent to an activating group) is 1. The van der Waals surface area contributed by atoms with Gasteiger partial charge >= 0.3 is 0 Å². The van der Waals surface area contributed by atoms with Gasteiger partial charge in [0.2, 0.25) is 5.91 Å². The first-order valence-electron chi connectivity index (χ1n) is 11.3. The fraction of sp³-hybridized carbons (Fsp3) is 0.360. The van der Waals surface area contributed by atoms with Crippen LogP contribution in [0.25, 0.3) is 11.2 Å². The van der Waals surface area contributed by atoms with E-state index in [0.29, 0.717) is 41.6 Å². The second-order valence-corrected chi connectivity index (χ2v) is 8.35. The van der Waals surface area contributed by atoms with E-state index in [4.69, 9.17) is 9.47 Å². The van der Waals surface area contributed by atoms with Crippen LogP contribution >= 0.6 is 0 Å². The smallest absolute Gasteiger partial charge is 0.246 e. The third-order valence-corrected chi connectivity index (χ3v) is 5.43. The molecule has 3 heterocycles. The standard InChI is InChI=1S/C25H29N7O3/c1-31(2)13-4-7-22(33)32-14-12-18(16-32)28-24-23-25(27-17-26-24)30-21(29-23)6-5-15-35-20-10-8-19(34-3)9-11-20/h4,7-11,17-18H,12-16H2,1-3H3,(H2,26,27,28,29,30). The molecule has 0 radical (unpaired) electrons. The lowest BCUT2D eigenvalue weighted by Crippen LogP contribution is -2.30. The summed E-state index contributed by atoms with van der Waals surface area (Å²) in [6, 6.07) is 7.40. The second-order valence-electron chi connectivity index (χ2n) is 8.35. The topological polar surface area (TPSA) is 108 Å². The van der Waals surface area contributed by atoms with Gasteiger partial charge in [0.1, 0.15) is 24.4 Å². The number of rotatable bonds is 8. The molecule has 10 heteroatoms. The Morgan fingerprint density at radius 3 is 2.86 bits per heavy atom. The number of ether oxygens (including phenoxy) is 2. The van der Waals surface area contributed by atoms with Crippen molar-refractivity contribution in [2.45, 2.75) is 12.5 Å². The summed E-state index contributed by atoms with van der Waals surface area (Å²) < 4.78 is 10.8. The molecular weight excluding hydrogens is 446 g/mol. The van der Waals surface area contributed by atoms with E-state index in [0.717, 1.165) is 18.7 Å². The lowest BCUT2D eigenvalue weighted by Gasteiger charge is -2.16. The van der Waals surface area contributed by atoms with Crippen LogP contribution in [0.15, 0.2) is 42.7 Å². The van der Waals surface area contributed by atoms with E-state index in [9.17, 15) is 4.79 Å². The Morgan fingerprint density at radius 1 is 1.29 bits per heavy atom. The van der Waals surface area contributed by atoms with E-state index < -0.39 is 0 Å². The molecule has 2 N–H and O–H groups in total. The maximum atomic E-state index is 12.4. The Bertz CT molecular complexity index is 1240. The molecule has 1 atom stereocenters. The molecule has 1 aliphatic rings. The number of aromatic amines is 1. The van der Waals surface area contributed by atoms with Crippen LogP contribution in [0.3, 0.4) is 0 Å². The first kappa shape index (κ1) is 24.0. The van der Waals surface area contributed by atoms with Crippen LogP contribution in [-0.2, 0) is 4.79 Å². The zero-order valence-corrected chi connectivity index (χ0v) is 20.1. The zero-order valence-electron chi connectivity index (χ0n) is 20.1. The highest BCUT2D eigenvalue weighted by Gasteiger charge is 2.26. The summed E-state index contributed by atoms with van der Waals surface area (Å²) in [5, 5.41) is 3.41. The van der Waals surface area contributed by atoms with Gasteiger partial charge in [0.25, 0.3) is 0 Å². The molecule has 0 bridgehead atoms. The molecule has 10 nitrogen and oxygen atoms in total. The molecule has 1 aliphatic heterocycles. The number of anilines is 1. The number of carbonyl (C=O) groups is 1. The number of hydrogen-bond acceptors (Lipinski definition) is 8. The van der Waals surface area contributed by atoms with E-state index in [1.54, 1.807) is 13.2 Å². The van der Waals surface area contributed by atoms with Crippen molar-refractivity contribution in [1.29, 1.82) is 0 Å². The van der Waals surface area contributed by atoms with E-state index >= 15 is 0 Å². The SMILES string of the molecule is COc1ccc(OCC#Cc2nc3c(NC4CCN(C(=O)C=CCN(C)C)C4)ncnc3[nH]2)cc1. The van der Waals surface area contributed by atoms with Gasteiger partial charge < -0.3 is 29.6 Å². The van der Waals surface area contributed by atoms with Crippen molar-refractivity contribution < 1.29 is 14.3 Å². The molecule has 1 aromatic carbocycles. The summed E-state index contributed by atoms with van der Waals surface area (Å²) in [6.45, 7) is 2.26. The summed E-state index contributed by atoms with van der Waals surface area (Å²) in [7, 11) is 5.56. The van der Waals surface area contributed by atoms with Crippen molar-refractivity contribution in [2.24, 2.45) is 0 Å². The summed E-state index contributed by atoms with van der Waals surface area (Å²) in [5.41, 5.74) is 1.21. The first-order chi connectivity index (χ1) is 17.0. The Balaban J connectivity index is 1.35. The lowest BCUT2D eigenvalue weighted by molar-refractivity contribution is -0.125. The number of imidazole rings is 1. The maximum Gasteiger partial charge on any atom is 0.246 e. The number of aromatic nitrogens is 4. The van der Waals surface area contributed by atoms with Crippen LogP contribution in [0.1, 0.15) is 12.2 Å². The number of amides is 1. The van der Waals surface area contributed by atoms with E-state index in [-0.39, 0.29) is 18.6 Å². The summed E-state index contributed by atoms with van der Waals surface area (Å²) >= 11 is 0. The summed E-state index contributed by atoms with van der Waals surface area (Å²) in [5.74, 6) is 8.53. The molecule has 1 fully saturated rings. The fourth-order valence-corrected chi connectivity index (χ4v) is 3.65. The van der Waals surface area contributed by atoms with Crippen molar-refractivity contribution in [3.05, 3.63) is 48.6 Å². The van der Waals surface area contributed by atoms with E-state index in [1.165, 1.54) is 6.33 Å². The van der Waals surface area contributed by atoms with E-state index in [2.05, 4.69) is 37.1 Å². The first-order valence-corrected chi connectivity index (χ1v) is 11.3. The maximum absolute atomic E-state index is 12.4.